The molecule has 0 aliphatic carbocycles. The molecule has 0 saturated heterocycles. The maximum atomic E-state index is 12.5. The fourth-order valence-electron chi connectivity index (χ4n) is 2.42. The number of pyridine rings is 1. The average Bonchev–Trinajstić information content (AvgIpc) is 2.93. The van der Waals surface area contributed by atoms with Crippen molar-refractivity contribution in [3.8, 4) is 0 Å². The molecular weight excluding hydrogens is 282 g/mol. The number of nitrogens with zero attached hydrogens (tertiary/aromatic N) is 4. The van der Waals surface area contributed by atoms with E-state index in [1.54, 1.807) is 17.1 Å². The van der Waals surface area contributed by atoms with Gasteiger partial charge in [0.1, 0.15) is 6.54 Å². The van der Waals surface area contributed by atoms with Crippen LogP contribution in [0.2, 0.25) is 0 Å². The highest BCUT2D eigenvalue weighted by Gasteiger charge is 2.28. The number of aromatic nitrogens is 3. The summed E-state index contributed by atoms with van der Waals surface area (Å²) in [6.07, 6.45) is 5.40. The van der Waals surface area contributed by atoms with E-state index in [0.29, 0.717) is 11.5 Å². The third-order valence-electron chi connectivity index (χ3n) is 3.50. The number of hydrogen-bond donors (Lipinski definition) is 1. The first kappa shape index (κ1) is 14.2. The molecule has 1 aliphatic rings. The van der Waals surface area contributed by atoms with Crippen LogP contribution in [0.3, 0.4) is 0 Å². The molecule has 114 valence electrons. The lowest BCUT2D eigenvalue weighted by atomic mass is 10.2. The first-order valence-electron chi connectivity index (χ1n) is 7.15. The van der Waals surface area contributed by atoms with Crippen LogP contribution in [-0.4, -0.2) is 33.1 Å². The van der Waals surface area contributed by atoms with E-state index >= 15 is 0 Å². The highest BCUT2D eigenvalue weighted by molar-refractivity contribution is 6.09. The third-order valence-corrected chi connectivity index (χ3v) is 3.50. The van der Waals surface area contributed by atoms with E-state index in [0.717, 1.165) is 17.7 Å². The number of anilines is 2. The van der Waals surface area contributed by atoms with Crippen molar-refractivity contribution >= 4 is 23.3 Å². The summed E-state index contributed by atoms with van der Waals surface area (Å²) < 4.78 is 1.76. The van der Waals surface area contributed by atoms with Crippen LogP contribution in [0.4, 0.5) is 11.5 Å². The van der Waals surface area contributed by atoms with Crippen LogP contribution in [0.15, 0.2) is 24.7 Å². The summed E-state index contributed by atoms with van der Waals surface area (Å²) in [6, 6.07) is 1.81. The van der Waals surface area contributed by atoms with E-state index < -0.39 is 0 Å². The van der Waals surface area contributed by atoms with E-state index in [1.165, 1.54) is 4.90 Å². The lowest BCUT2D eigenvalue weighted by Gasteiger charge is -2.28. The number of carbonyl (C=O) groups excluding carboxylic acids is 2. The van der Waals surface area contributed by atoms with Gasteiger partial charge in [0.15, 0.2) is 5.82 Å². The topological polar surface area (TPSA) is 80.1 Å². The molecule has 2 aromatic rings. The molecule has 1 N–H and O–H groups in total. The minimum Gasteiger partial charge on any atom is -0.321 e. The Hall–Kier alpha value is -2.70. The Morgan fingerprint density at radius 2 is 2.23 bits per heavy atom. The summed E-state index contributed by atoms with van der Waals surface area (Å²) in [5.41, 5.74) is 2.33. The number of fused-ring (bicyclic) bond motifs is 1. The van der Waals surface area contributed by atoms with Gasteiger partial charge in [-0.25, -0.2) is 4.98 Å². The summed E-state index contributed by atoms with van der Waals surface area (Å²) in [4.78, 5) is 30.0. The van der Waals surface area contributed by atoms with E-state index in [2.05, 4.69) is 15.4 Å². The van der Waals surface area contributed by atoms with Crippen LogP contribution in [0.5, 0.6) is 0 Å². The molecule has 7 nitrogen and oxygen atoms in total. The lowest BCUT2D eigenvalue weighted by Crippen LogP contribution is -2.43. The Bertz CT molecular complexity index is 737. The molecule has 0 aromatic carbocycles. The van der Waals surface area contributed by atoms with E-state index in [1.807, 2.05) is 26.1 Å². The van der Waals surface area contributed by atoms with Gasteiger partial charge in [-0.05, 0) is 31.0 Å². The Balaban J connectivity index is 1.85. The molecule has 0 spiro atoms. The molecule has 22 heavy (non-hydrogen) atoms. The quantitative estimate of drug-likeness (QED) is 0.921. The van der Waals surface area contributed by atoms with Crippen LogP contribution in [-0.2, 0) is 22.6 Å². The molecule has 2 amide bonds. The van der Waals surface area contributed by atoms with Gasteiger partial charge in [-0.2, -0.15) is 5.10 Å². The Morgan fingerprint density at radius 3 is 2.95 bits per heavy atom. The zero-order valence-electron chi connectivity index (χ0n) is 12.5. The lowest BCUT2D eigenvalue weighted by molar-refractivity contribution is -0.121. The third kappa shape index (κ3) is 2.69. The zero-order chi connectivity index (χ0) is 15.7. The molecule has 0 unspecified atom stereocenters. The summed E-state index contributed by atoms with van der Waals surface area (Å²) in [6.45, 7) is 4.61. The van der Waals surface area contributed by atoms with Gasteiger partial charge >= 0.3 is 0 Å². The molecule has 0 radical (unpaired) electrons. The molecule has 0 atom stereocenters. The van der Waals surface area contributed by atoms with Gasteiger partial charge in [0.25, 0.3) is 0 Å². The van der Waals surface area contributed by atoms with Crippen molar-refractivity contribution in [3.05, 3.63) is 35.8 Å². The summed E-state index contributed by atoms with van der Waals surface area (Å²) >= 11 is 0. The monoisotopic (exact) mass is 299 g/mol. The Kier molecular flexibility index (Phi) is 3.62. The normalized spacial score (nSPS) is 13.7. The maximum Gasteiger partial charge on any atom is 0.244 e. The fraction of sp³-hybridized carbons (Fsp3) is 0.333. The van der Waals surface area contributed by atoms with Gasteiger partial charge in [-0.1, -0.05) is 0 Å². The summed E-state index contributed by atoms with van der Waals surface area (Å²) in [5, 5.41) is 6.91. The maximum absolute atomic E-state index is 12.5. The number of hydrogen-bond acceptors (Lipinski definition) is 4. The summed E-state index contributed by atoms with van der Waals surface area (Å²) in [5.74, 6) is 0.124. The molecule has 2 aromatic heterocycles. The number of amides is 2. The van der Waals surface area contributed by atoms with Gasteiger partial charge in [0.2, 0.25) is 11.8 Å². The molecular formula is C15H17N5O2. The number of aryl methyl sites for hydroxylation is 2. The number of nitrogens with one attached hydrogen (secondary N) is 1. The predicted octanol–water partition coefficient (Wildman–Crippen LogP) is 1.13. The van der Waals surface area contributed by atoms with Crippen molar-refractivity contribution in [1.29, 1.82) is 0 Å². The van der Waals surface area contributed by atoms with Gasteiger partial charge in [0, 0.05) is 18.9 Å². The first-order chi connectivity index (χ1) is 10.6. The second-order valence-electron chi connectivity index (χ2n) is 5.29. The van der Waals surface area contributed by atoms with Gasteiger partial charge in [-0.3, -0.25) is 19.2 Å². The van der Waals surface area contributed by atoms with Crippen molar-refractivity contribution in [1.82, 2.24) is 14.8 Å². The second kappa shape index (κ2) is 5.59. The number of rotatable bonds is 3. The largest absolute Gasteiger partial charge is 0.321 e. The summed E-state index contributed by atoms with van der Waals surface area (Å²) in [7, 11) is 0. The molecule has 1 aliphatic heterocycles. The van der Waals surface area contributed by atoms with E-state index in [-0.39, 0.29) is 24.8 Å². The van der Waals surface area contributed by atoms with Gasteiger partial charge < -0.3 is 5.32 Å². The smallest absolute Gasteiger partial charge is 0.244 e. The van der Waals surface area contributed by atoms with E-state index in [4.69, 9.17) is 0 Å². The molecule has 3 heterocycles. The average molecular weight is 299 g/mol. The predicted molar refractivity (Wildman–Crippen MR) is 81.6 cm³/mol. The van der Waals surface area contributed by atoms with E-state index in [9.17, 15) is 9.59 Å². The Labute approximate surface area is 127 Å². The fourth-order valence-corrected chi connectivity index (χ4v) is 2.42. The minimum absolute atomic E-state index is 0.0101. The standard InChI is InChI=1S/C15H17N5O2/c1-3-19-8-11(7-17-19)5-14(22)20-9-13(21)18-12-4-10(2)6-16-15(12)20/h4,6-8H,3,5,9H2,1-2H3,(H,18,21). The molecule has 0 saturated carbocycles. The van der Waals surface area contributed by atoms with Gasteiger partial charge in [-0.15, -0.1) is 0 Å². The molecule has 0 fully saturated rings. The molecule has 7 heteroatoms. The number of carbonyl (C=O) groups is 2. The highest BCUT2D eigenvalue weighted by Crippen LogP contribution is 2.28. The van der Waals surface area contributed by atoms with Crippen LogP contribution in [0.1, 0.15) is 18.1 Å². The molecule has 0 bridgehead atoms. The first-order valence-corrected chi connectivity index (χ1v) is 7.15. The molecule has 3 rings (SSSR count). The second-order valence-corrected chi connectivity index (χ2v) is 5.29. The minimum atomic E-state index is -0.211. The zero-order valence-corrected chi connectivity index (χ0v) is 12.5. The van der Waals surface area contributed by atoms with Crippen molar-refractivity contribution in [2.24, 2.45) is 0 Å². The Morgan fingerprint density at radius 1 is 1.41 bits per heavy atom. The van der Waals surface area contributed by atoms with Crippen molar-refractivity contribution in [2.75, 3.05) is 16.8 Å². The van der Waals surface area contributed by atoms with Crippen LogP contribution >= 0.6 is 0 Å². The van der Waals surface area contributed by atoms with Gasteiger partial charge in [0.05, 0.1) is 18.3 Å². The highest BCUT2D eigenvalue weighted by atomic mass is 16.2. The van der Waals surface area contributed by atoms with Crippen LogP contribution in [0.25, 0.3) is 0 Å². The van der Waals surface area contributed by atoms with Crippen LogP contribution in [0, 0.1) is 6.92 Å². The van der Waals surface area contributed by atoms with Crippen molar-refractivity contribution < 1.29 is 9.59 Å². The van der Waals surface area contributed by atoms with Crippen molar-refractivity contribution in [2.45, 2.75) is 26.8 Å². The van der Waals surface area contributed by atoms with Crippen molar-refractivity contribution in [3.63, 3.8) is 0 Å². The SMILES string of the molecule is CCn1cc(CC(=O)N2CC(=O)Nc3cc(C)cnc32)cn1. The van der Waals surface area contributed by atoms with Crippen LogP contribution < -0.4 is 10.2 Å².